The Morgan fingerprint density at radius 3 is 2.29 bits per heavy atom. The number of benzene rings is 1. The number of nitrogens with zero attached hydrogens (tertiary/aromatic N) is 1. The van der Waals surface area contributed by atoms with Gasteiger partial charge in [0.05, 0.1) is 0 Å². The molecule has 9 heteroatoms. The molecule has 5 nitrogen and oxygen atoms in total. The number of esters is 1. The van der Waals surface area contributed by atoms with Crippen LogP contribution in [0, 0.1) is 13.8 Å². The monoisotopic (exact) mass is 361 g/mol. The lowest BCUT2D eigenvalue weighted by atomic mass is 10.2. The van der Waals surface area contributed by atoms with Gasteiger partial charge in [0.2, 0.25) is 0 Å². The molecule has 0 aliphatic rings. The molecular formula is C15H14F3NO4S. The van der Waals surface area contributed by atoms with Crippen molar-refractivity contribution in [3.63, 3.8) is 0 Å². The summed E-state index contributed by atoms with van der Waals surface area (Å²) in [6.45, 7) is 2.33. The van der Waals surface area contributed by atoms with E-state index in [-0.39, 0.29) is 21.8 Å². The zero-order valence-corrected chi connectivity index (χ0v) is 13.6. The van der Waals surface area contributed by atoms with Crippen molar-refractivity contribution in [3.8, 4) is 0 Å². The molecule has 0 fully saturated rings. The van der Waals surface area contributed by atoms with E-state index in [0.29, 0.717) is 5.56 Å². The summed E-state index contributed by atoms with van der Waals surface area (Å²) in [5.41, 5.74) is -5.70. The van der Waals surface area contributed by atoms with Gasteiger partial charge < -0.3 is 4.74 Å². The predicted octanol–water partition coefficient (Wildman–Crippen LogP) is 3.16. The summed E-state index contributed by atoms with van der Waals surface area (Å²) in [6, 6.07) is 9.67. The van der Waals surface area contributed by atoms with Crippen molar-refractivity contribution in [1.82, 2.24) is 3.97 Å². The average Bonchev–Trinajstić information content (AvgIpc) is 2.79. The molecule has 0 atom stereocenters. The molecule has 0 saturated carbocycles. The number of rotatable bonds is 4. The third-order valence-corrected chi connectivity index (χ3v) is 4.80. The summed E-state index contributed by atoms with van der Waals surface area (Å²) in [7, 11) is -5.73. The number of carbonyl (C=O) groups is 1. The first-order valence-corrected chi connectivity index (χ1v) is 8.21. The molecular weight excluding hydrogens is 347 g/mol. The Labute approximate surface area is 136 Å². The molecule has 0 radical (unpaired) electrons. The molecule has 0 aliphatic heterocycles. The fraction of sp³-hybridized carbons (Fsp3) is 0.267. The topological polar surface area (TPSA) is 65.4 Å². The smallest absolute Gasteiger partial charge is 0.456 e. The summed E-state index contributed by atoms with van der Waals surface area (Å²) in [5, 5.41) is 0. The first-order valence-electron chi connectivity index (χ1n) is 6.77. The van der Waals surface area contributed by atoms with Crippen LogP contribution >= 0.6 is 0 Å². The van der Waals surface area contributed by atoms with Crippen LogP contribution in [0.25, 0.3) is 0 Å². The second-order valence-electron chi connectivity index (χ2n) is 5.09. The minimum atomic E-state index is -5.73. The molecule has 0 aliphatic carbocycles. The number of alkyl halides is 3. The van der Waals surface area contributed by atoms with Gasteiger partial charge in [0, 0.05) is 5.69 Å². The largest absolute Gasteiger partial charge is 0.517 e. The number of carbonyl (C=O) groups excluding carboxylic acids is 1. The van der Waals surface area contributed by atoms with Crippen molar-refractivity contribution in [2.24, 2.45) is 0 Å². The molecule has 24 heavy (non-hydrogen) atoms. The normalized spacial score (nSPS) is 12.2. The van der Waals surface area contributed by atoms with Crippen LogP contribution in [0.1, 0.15) is 27.3 Å². The van der Waals surface area contributed by atoms with Crippen molar-refractivity contribution < 1.29 is 31.1 Å². The standard InChI is InChI=1S/C15H14F3NO4S/c1-10-8-11(2)19(24(21,22)15(16,17)18)13(10)14(20)23-9-12-6-4-3-5-7-12/h3-8H,9H2,1-2H3. The van der Waals surface area contributed by atoms with Gasteiger partial charge in [0.1, 0.15) is 12.3 Å². The maximum Gasteiger partial charge on any atom is 0.517 e. The minimum absolute atomic E-state index is 0.0182. The van der Waals surface area contributed by atoms with Crippen LogP contribution in [-0.4, -0.2) is 23.9 Å². The van der Waals surface area contributed by atoms with E-state index in [0.717, 1.165) is 0 Å². The molecule has 1 aromatic carbocycles. The van der Waals surface area contributed by atoms with E-state index in [1.54, 1.807) is 30.3 Å². The molecule has 0 amide bonds. The van der Waals surface area contributed by atoms with Gasteiger partial charge in [-0.15, -0.1) is 0 Å². The maximum absolute atomic E-state index is 12.8. The van der Waals surface area contributed by atoms with E-state index in [9.17, 15) is 26.4 Å². The summed E-state index contributed by atoms with van der Waals surface area (Å²) in [4.78, 5) is 12.2. The highest BCUT2D eigenvalue weighted by Crippen LogP contribution is 2.30. The Morgan fingerprint density at radius 1 is 1.17 bits per heavy atom. The molecule has 0 bridgehead atoms. The minimum Gasteiger partial charge on any atom is -0.456 e. The van der Waals surface area contributed by atoms with Gasteiger partial charge in [-0.1, -0.05) is 30.3 Å². The van der Waals surface area contributed by atoms with Gasteiger partial charge in [0.15, 0.2) is 0 Å². The van der Waals surface area contributed by atoms with Crippen molar-refractivity contribution in [2.75, 3.05) is 0 Å². The Bertz CT molecular complexity index is 855. The SMILES string of the molecule is Cc1cc(C)n(S(=O)(=O)C(F)(F)F)c1C(=O)OCc1ccccc1. The number of aromatic nitrogens is 1. The third kappa shape index (κ3) is 3.30. The van der Waals surface area contributed by atoms with E-state index in [2.05, 4.69) is 0 Å². The van der Waals surface area contributed by atoms with Crippen molar-refractivity contribution >= 4 is 16.0 Å². The summed E-state index contributed by atoms with van der Waals surface area (Å²) < 4.78 is 66.9. The fourth-order valence-electron chi connectivity index (χ4n) is 2.23. The van der Waals surface area contributed by atoms with Crippen LogP contribution in [0.2, 0.25) is 0 Å². The van der Waals surface area contributed by atoms with Gasteiger partial charge in [-0.05, 0) is 31.0 Å². The Morgan fingerprint density at radius 2 is 1.75 bits per heavy atom. The van der Waals surface area contributed by atoms with Crippen LogP contribution in [0.5, 0.6) is 0 Å². The summed E-state index contributed by atoms with van der Waals surface area (Å²) in [5.74, 6) is -1.14. The van der Waals surface area contributed by atoms with E-state index in [4.69, 9.17) is 4.74 Å². The number of hydrogen-bond acceptors (Lipinski definition) is 4. The number of halogens is 3. The molecule has 1 heterocycles. The molecule has 0 unspecified atom stereocenters. The predicted molar refractivity (Wildman–Crippen MR) is 79.8 cm³/mol. The van der Waals surface area contributed by atoms with Crippen LogP contribution in [0.15, 0.2) is 36.4 Å². The van der Waals surface area contributed by atoms with Crippen LogP contribution in [0.3, 0.4) is 0 Å². The Balaban J connectivity index is 2.39. The molecule has 2 rings (SSSR count). The molecule has 2 aromatic rings. The van der Waals surface area contributed by atoms with Gasteiger partial charge >= 0.3 is 21.5 Å². The van der Waals surface area contributed by atoms with E-state index < -0.39 is 27.2 Å². The molecule has 1 aromatic heterocycles. The molecule has 0 N–H and O–H groups in total. The Hall–Kier alpha value is -2.29. The van der Waals surface area contributed by atoms with Gasteiger partial charge in [-0.25, -0.2) is 8.77 Å². The van der Waals surface area contributed by atoms with Gasteiger partial charge in [-0.2, -0.15) is 21.6 Å². The van der Waals surface area contributed by atoms with E-state index in [1.165, 1.54) is 19.9 Å². The second-order valence-corrected chi connectivity index (χ2v) is 6.87. The average molecular weight is 361 g/mol. The number of aryl methyl sites for hydroxylation is 2. The van der Waals surface area contributed by atoms with Crippen molar-refractivity contribution in [1.29, 1.82) is 0 Å². The highest BCUT2D eigenvalue weighted by molar-refractivity contribution is 7.90. The quantitative estimate of drug-likeness (QED) is 0.785. The van der Waals surface area contributed by atoms with E-state index in [1.807, 2.05) is 0 Å². The summed E-state index contributed by atoms with van der Waals surface area (Å²) >= 11 is 0. The lowest BCUT2D eigenvalue weighted by Crippen LogP contribution is -2.33. The Kier molecular flexibility index (Phi) is 4.75. The zero-order chi connectivity index (χ0) is 18.1. The molecule has 130 valence electrons. The molecule has 0 saturated heterocycles. The van der Waals surface area contributed by atoms with Crippen molar-refractivity contribution in [3.05, 3.63) is 58.9 Å². The fourth-order valence-corrected chi connectivity index (χ4v) is 3.32. The van der Waals surface area contributed by atoms with E-state index >= 15 is 0 Å². The molecule has 0 spiro atoms. The lowest BCUT2D eigenvalue weighted by Gasteiger charge is -2.14. The maximum atomic E-state index is 12.8. The second kappa shape index (κ2) is 6.31. The zero-order valence-electron chi connectivity index (χ0n) is 12.8. The van der Waals surface area contributed by atoms with Crippen LogP contribution in [-0.2, 0) is 21.4 Å². The third-order valence-electron chi connectivity index (χ3n) is 3.26. The van der Waals surface area contributed by atoms with Crippen molar-refractivity contribution in [2.45, 2.75) is 26.0 Å². The van der Waals surface area contributed by atoms with Crippen LogP contribution in [0.4, 0.5) is 13.2 Å². The lowest BCUT2D eigenvalue weighted by molar-refractivity contribution is -0.0447. The summed E-state index contributed by atoms with van der Waals surface area (Å²) in [6.07, 6.45) is 0. The number of hydrogen-bond donors (Lipinski definition) is 0. The van der Waals surface area contributed by atoms with Gasteiger partial charge in [-0.3, -0.25) is 0 Å². The van der Waals surface area contributed by atoms with Gasteiger partial charge in [0.25, 0.3) is 0 Å². The highest BCUT2D eigenvalue weighted by atomic mass is 32.2. The number of ether oxygens (including phenoxy) is 1. The highest BCUT2D eigenvalue weighted by Gasteiger charge is 2.49. The first-order chi connectivity index (χ1) is 11.1. The van der Waals surface area contributed by atoms with Crippen LogP contribution < -0.4 is 0 Å². The first kappa shape index (κ1) is 18.1.